The Hall–Kier alpha value is -2.82. The predicted octanol–water partition coefficient (Wildman–Crippen LogP) is 2.06. The lowest BCUT2D eigenvalue weighted by molar-refractivity contribution is -1.19. The summed E-state index contributed by atoms with van der Waals surface area (Å²) in [5.74, 6) is -0.419. The van der Waals surface area contributed by atoms with Crippen LogP contribution in [0.3, 0.4) is 0 Å². The van der Waals surface area contributed by atoms with Gasteiger partial charge in [0.05, 0.1) is 10.6 Å². The van der Waals surface area contributed by atoms with Crippen LogP contribution in [0, 0.1) is 0 Å². The average Bonchev–Trinajstić information content (AvgIpc) is 2.69. The maximum atomic E-state index is 12.8. The number of rotatable bonds is 6. The van der Waals surface area contributed by atoms with Crippen LogP contribution < -0.4 is 9.95 Å². The van der Waals surface area contributed by atoms with E-state index in [1.54, 1.807) is 0 Å². The number of anilines is 1. The molecule has 0 aliphatic rings. The van der Waals surface area contributed by atoms with Gasteiger partial charge in [-0.3, -0.25) is 14.5 Å². The zero-order chi connectivity index (χ0) is 20.3. The molecule has 144 valence electrons. The van der Waals surface area contributed by atoms with Crippen LogP contribution in [0.2, 0.25) is 5.02 Å². The second-order valence-electron chi connectivity index (χ2n) is 5.71. The van der Waals surface area contributed by atoms with Gasteiger partial charge in [-0.2, -0.15) is 10.4 Å². The number of halogens is 1. The summed E-state index contributed by atoms with van der Waals surface area (Å²) in [5.41, 5.74) is 0.544. The van der Waals surface area contributed by atoms with Crippen molar-refractivity contribution in [3.63, 3.8) is 0 Å². The van der Waals surface area contributed by atoms with E-state index >= 15 is 0 Å². The highest BCUT2D eigenvalue weighted by Crippen LogP contribution is 2.26. The fourth-order valence-corrected chi connectivity index (χ4v) is 3.69. The van der Waals surface area contributed by atoms with E-state index < -0.39 is 21.0 Å². The zero-order valence-corrected chi connectivity index (χ0v) is 15.8. The third-order valence-electron chi connectivity index (χ3n) is 3.84. The molecule has 0 amide bonds. The van der Waals surface area contributed by atoms with Gasteiger partial charge >= 0.3 is 0 Å². The van der Waals surface area contributed by atoms with E-state index in [2.05, 4.69) is 9.71 Å². The van der Waals surface area contributed by atoms with E-state index in [0.717, 1.165) is 0 Å². The molecular formula is C18H15ClN3O5S+. The molecule has 1 heterocycles. The van der Waals surface area contributed by atoms with Crippen LogP contribution >= 0.6 is 11.6 Å². The molecular weight excluding hydrogens is 406 g/mol. The van der Waals surface area contributed by atoms with Crippen LogP contribution in [0.25, 0.3) is 0 Å². The smallest absolute Gasteiger partial charge is 0.261 e. The van der Waals surface area contributed by atoms with Gasteiger partial charge in [0.2, 0.25) is 0 Å². The number of hydrogen-bond acceptors (Lipinski definition) is 6. The van der Waals surface area contributed by atoms with Crippen molar-refractivity contribution < 1.29 is 28.9 Å². The van der Waals surface area contributed by atoms with Gasteiger partial charge < -0.3 is 0 Å². The molecule has 0 unspecified atom stereocenters. The van der Waals surface area contributed by atoms with E-state index in [-0.39, 0.29) is 26.9 Å². The highest BCUT2D eigenvalue weighted by atomic mass is 35.5. The standard InChI is InChI=1S/C18H14ClN3O5S/c19-13-1-6-17(16(11-13)18(23)12-7-9-20-10-8-12)21-28(26,27)15-4-2-14(3-5-15)22(24)25/h1-11,21,24-25H/p+1. The first-order valence-electron chi connectivity index (χ1n) is 7.90. The Balaban J connectivity index is 1.97. The van der Waals surface area contributed by atoms with Crippen molar-refractivity contribution in [2.75, 3.05) is 4.72 Å². The largest absolute Gasteiger partial charge is 0.289 e. The lowest BCUT2D eigenvalue weighted by Gasteiger charge is -2.13. The Morgan fingerprint density at radius 3 is 2.25 bits per heavy atom. The van der Waals surface area contributed by atoms with Gasteiger partial charge in [0.25, 0.3) is 10.0 Å². The first-order valence-corrected chi connectivity index (χ1v) is 9.76. The number of nitrogens with zero attached hydrogens (tertiary/aromatic N) is 1. The molecule has 0 spiro atoms. The second-order valence-corrected chi connectivity index (χ2v) is 7.83. The lowest BCUT2D eigenvalue weighted by atomic mass is 10.0. The third kappa shape index (κ3) is 4.35. The van der Waals surface area contributed by atoms with Gasteiger partial charge in [-0.25, -0.2) is 8.42 Å². The monoisotopic (exact) mass is 420 g/mol. The number of quaternary nitrogens is 1. The maximum absolute atomic E-state index is 12.8. The highest BCUT2D eigenvalue weighted by molar-refractivity contribution is 7.92. The van der Waals surface area contributed by atoms with Crippen molar-refractivity contribution in [3.8, 4) is 0 Å². The van der Waals surface area contributed by atoms with Crippen molar-refractivity contribution in [2.45, 2.75) is 4.90 Å². The molecule has 0 saturated heterocycles. The van der Waals surface area contributed by atoms with Gasteiger partial charge in [0.15, 0.2) is 11.5 Å². The summed E-state index contributed by atoms with van der Waals surface area (Å²) in [6.45, 7) is 0. The Morgan fingerprint density at radius 1 is 1.00 bits per heavy atom. The minimum absolute atomic E-state index is 0.0619. The summed E-state index contributed by atoms with van der Waals surface area (Å²) in [5, 5.41) is 17.4. The van der Waals surface area contributed by atoms with Gasteiger partial charge in [-0.05, 0) is 47.7 Å². The molecule has 4 N–H and O–H groups in total. The molecule has 1 aromatic heterocycles. The highest BCUT2D eigenvalue weighted by Gasteiger charge is 2.21. The fourth-order valence-electron chi connectivity index (χ4n) is 2.44. The van der Waals surface area contributed by atoms with E-state index in [9.17, 15) is 13.2 Å². The van der Waals surface area contributed by atoms with Crippen molar-refractivity contribution >= 4 is 38.8 Å². The van der Waals surface area contributed by atoms with Crippen LogP contribution in [0.4, 0.5) is 11.4 Å². The Bertz CT molecular complexity index is 1100. The van der Waals surface area contributed by atoms with Crippen LogP contribution in [-0.4, -0.2) is 29.6 Å². The molecule has 0 aliphatic carbocycles. The quantitative estimate of drug-likeness (QED) is 0.358. The first kappa shape index (κ1) is 19.9. The normalized spacial score (nSPS) is 11.4. The summed E-state index contributed by atoms with van der Waals surface area (Å²) in [6.07, 6.45) is 2.91. The Labute approximate surface area is 165 Å². The molecule has 0 fully saturated rings. The van der Waals surface area contributed by atoms with Crippen molar-refractivity contribution in [2.24, 2.45) is 0 Å². The molecule has 10 heteroatoms. The Kier molecular flexibility index (Phi) is 5.73. The van der Waals surface area contributed by atoms with Crippen molar-refractivity contribution in [3.05, 3.63) is 83.1 Å². The predicted molar refractivity (Wildman–Crippen MR) is 101 cm³/mol. The molecule has 0 saturated carbocycles. The van der Waals surface area contributed by atoms with E-state index in [0.29, 0.717) is 5.56 Å². The van der Waals surface area contributed by atoms with Crippen molar-refractivity contribution in [1.29, 1.82) is 0 Å². The summed E-state index contributed by atoms with van der Waals surface area (Å²) < 4.78 is 27.7. The Morgan fingerprint density at radius 2 is 1.64 bits per heavy atom. The van der Waals surface area contributed by atoms with Gasteiger partial charge in [0.1, 0.15) is 0 Å². The molecule has 0 aliphatic heterocycles. The van der Waals surface area contributed by atoms with Crippen LogP contribution in [0.5, 0.6) is 0 Å². The fraction of sp³-hybridized carbons (Fsp3) is 0. The second kappa shape index (κ2) is 8.05. The van der Waals surface area contributed by atoms with Crippen LogP contribution in [0.1, 0.15) is 15.9 Å². The average molecular weight is 421 g/mol. The lowest BCUT2D eigenvalue weighted by Crippen LogP contribution is -3.01. The number of nitrogens with one attached hydrogen (secondary N) is 2. The summed E-state index contributed by atoms with van der Waals surface area (Å²) in [6, 6.07) is 12.2. The van der Waals surface area contributed by atoms with E-state index in [1.807, 2.05) is 0 Å². The van der Waals surface area contributed by atoms with Gasteiger partial charge in [-0.15, -0.1) is 0 Å². The van der Waals surface area contributed by atoms with Crippen LogP contribution in [-0.2, 0) is 10.0 Å². The maximum Gasteiger partial charge on any atom is 0.261 e. The molecule has 28 heavy (non-hydrogen) atoms. The molecule has 0 bridgehead atoms. The van der Waals surface area contributed by atoms with E-state index in [1.165, 1.54) is 67.0 Å². The SMILES string of the molecule is O=C(c1ccncc1)c1cc(Cl)ccc1NS(=O)(=O)c1ccc([NH+](O)O)cc1. The van der Waals surface area contributed by atoms with E-state index in [4.69, 9.17) is 22.0 Å². The number of carbonyl (C=O) groups excluding carboxylic acids is 1. The topological polar surface area (TPSA) is 121 Å². The number of aromatic nitrogens is 1. The minimum atomic E-state index is -4.04. The minimum Gasteiger partial charge on any atom is -0.289 e. The molecule has 8 nitrogen and oxygen atoms in total. The molecule has 2 aromatic carbocycles. The number of hydrogen-bond donors (Lipinski definition) is 4. The number of sulfonamides is 1. The van der Waals surface area contributed by atoms with Gasteiger partial charge in [-0.1, -0.05) is 11.6 Å². The zero-order valence-electron chi connectivity index (χ0n) is 14.2. The van der Waals surface area contributed by atoms with Crippen molar-refractivity contribution in [1.82, 2.24) is 4.98 Å². The first-order chi connectivity index (χ1) is 13.3. The van der Waals surface area contributed by atoms with Gasteiger partial charge in [0, 0.05) is 40.7 Å². The molecule has 0 atom stereocenters. The summed E-state index contributed by atoms with van der Waals surface area (Å²) >= 11 is 5.99. The number of pyridine rings is 1. The summed E-state index contributed by atoms with van der Waals surface area (Å²) in [7, 11) is -4.04. The third-order valence-corrected chi connectivity index (χ3v) is 5.45. The number of benzene rings is 2. The molecule has 0 radical (unpaired) electrons. The number of ketones is 1. The number of carbonyl (C=O) groups is 1. The molecule has 3 rings (SSSR count). The summed E-state index contributed by atoms with van der Waals surface area (Å²) in [4.78, 5) is 16.5. The van der Waals surface area contributed by atoms with Crippen LogP contribution in [0.15, 0.2) is 71.9 Å². The molecule has 3 aromatic rings.